The summed E-state index contributed by atoms with van der Waals surface area (Å²) in [5, 5.41) is 0. The van der Waals surface area contributed by atoms with Gasteiger partial charge in [0.15, 0.2) is 0 Å². The average molecular weight is 250 g/mol. The summed E-state index contributed by atoms with van der Waals surface area (Å²) in [6.07, 6.45) is 1.81. The third-order valence-electron chi connectivity index (χ3n) is 2.96. The van der Waals surface area contributed by atoms with Gasteiger partial charge in [-0.05, 0) is 36.4 Å². The second-order valence-electron chi connectivity index (χ2n) is 4.39. The summed E-state index contributed by atoms with van der Waals surface area (Å²) in [4.78, 5) is 7.67. The molecular formula is C15H14N4. The van der Waals surface area contributed by atoms with Crippen molar-refractivity contribution in [1.82, 2.24) is 9.97 Å². The van der Waals surface area contributed by atoms with Crippen LogP contribution in [0.2, 0.25) is 0 Å². The van der Waals surface area contributed by atoms with Crippen molar-refractivity contribution in [2.24, 2.45) is 0 Å². The van der Waals surface area contributed by atoms with Gasteiger partial charge in [-0.25, -0.2) is 4.98 Å². The molecule has 4 nitrogen and oxygen atoms in total. The van der Waals surface area contributed by atoms with Gasteiger partial charge in [-0.2, -0.15) is 0 Å². The van der Waals surface area contributed by atoms with Gasteiger partial charge in [-0.1, -0.05) is 12.1 Å². The molecule has 3 aromatic rings. The van der Waals surface area contributed by atoms with Crippen molar-refractivity contribution < 1.29 is 0 Å². The predicted octanol–water partition coefficient (Wildman–Crippen LogP) is 2.91. The van der Waals surface area contributed by atoms with Crippen LogP contribution in [0.5, 0.6) is 0 Å². The Balaban J connectivity index is 1.97. The summed E-state index contributed by atoms with van der Waals surface area (Å²) in [6.45, 7) is 0. The van der Waals surface area contributed by atoms with Crippen LogP contribution < -0.4 is 11.5 Å². The Bertz CT molecular complexity index is 698. The SMILES string of the molecule is Nc1ccc(-c2ncc(-c3cccc(N)c3)[nH]2)cc1. The summed E-state index contributed by atoms with van der Waals surface area (Å²) < 4.78 is 0. The molecule has 2 aromatic carbocycles. The number of nitrogen functional groups attached to an aromatic ring is 2. The lowest BCUT2D eigenvalue weighted by Crippen LogP contribution is -1.86. The maximum absolute atomic E-state index is 5.78. The number of anilines is 2. The Morgan fingerprint density at radius 3 is 2.37 bits per heavy atom. The first-order chi connectivity index (χ1) is 9.22. The second kappa shape index (κ2) is 4.49. The first kappa shape index (κ1) is 11.3. The highest BCUT2D eigenvalue weighted by Crippen LogP contribution is 2.23. The van der Waals surface area contributed by atoms with Gasteiger partial charge in [-0.15, -0.1) is 0 Å². The fourth-order valence-corrected chi connectivity index (χ4v) is 1.96. The molecule has 0 spiro atoms. The van der Waals surface area contributed by atoms with E-state index >= 15 is 0 Å². The summed E-state index contributed by atoms with van der Waals surface area (Å²) in [5.74, 6) is 0.817. The number of nitrogens with two attached hydrogens (primary N) is 2. The van der Waals surface area contributed by atoms with E-state index in [0.717, 1.165) is 34.0 Å². The lowest BCUT2D eigenvalue weighted by molar-refractivity contribution is 1.31. The summed E-state index contributed by atoms with van der Waals surface area (Å²) in [7, 11) is 0. The van der Waals surface area contributed by atoms with Crippen molar-refractivity contribution in [2.75, 3.05) is 11.5 Å². The maximum Gasteiger partial charge on any atom is 0.137 e. The molecule has 0 unspecified atom stereocenters. The van der Waals surface area contributed by atoms with E-state index in [9.17, 15) is 0 Å². The van der Waals surface area contributed by atoms with E-state index in [0.29, 0.717) is 0 Å². The Morgan fingerprint density at radius 1 is 0.842 bits per heavy atom. The van der Waals surface area contributed by atoms with Crippen molar-refractivity contribution in [1.29, 1.82) is 0 Å². The van der Waals surface area contributed by atoms with E-state index in [4.69, 9.17) is 11.5 Å². The zero-order valence-corrected chi connectivity index (χ0v) is 10.3. The summed E-state index contributed by atoms with van der Waals surface area (Å²) in [5.41, 5.74) is 15.9. The van der Waals surface area contributed by atoms with Gasteiger partial charge in [0.05, 0.1) is 11.9 Å². The quantitative estimate of drug-likeness (QED) is 0.612. The number of aromatic nitrogens is 2. The molecule has 5 N–H and O–H groups in total. The van der Waals surface area contributed by atoms with Crippen molar-refractivity contribution in [3.8, 4) is 22.6 Å². The van der Waals surface area contributed by atoms with Crippen LogP contribution in [0.3, 0.4) is 0 Å². The smallest absolute Gasteiger partial charge is 0.137 e. The molecule has 0 amide bonds. The molecule has 0 bridgehead atoms. The van der Waals surface area contributed by atoms with E-state index in [1.54, 1.807) is 6.20 Å². The van der Waals surface area contributed by atoms with Gasteiger partial charge in [0, 0.05) is 22.5 Å². The molecule has 94 valence electrons. The molecular weight excluding hydrogens is 236 g/mol. The van der Waals surface area contributed by atoms with Crippen molar-refractivity contribution >= 4 is 11.4 Å². The zero-order chi connectivity index (χ0) is 13.2. The standard InChI is InChI=1S/C15H14N4/c16-12-6-4-10(5-7-12)15-18-9-14(19-15)11-2-1-3-13(17)8-11/h1-9H,16-17H2,(H,18,19). The van der Waals surface area contributed by atoms with Crippen LogP contribution >= 0.6 is 0 Å². The number of nitrogens with one attached hydrogen (secondary N) is 1. The number of nitrogens with zero attached hydrogens (tertiary/aromatic N) is 1. The predicted molar refractivity (Wildman–Crippen MR) is 78.3 cm³/mol. The average Bonchev–Trinajstić information content (AvgIpc) is 2.89. The molecule has 0 radical (unpaired) electrons. The van der Waals surface area contributed by atoms with Gasteiger partial charge >= 0.3 is 0 Å². The number of hydrogen-bond donors (Lipinski definition) is 3. The lowest BCUT2D eigenvalue weighted by atomic mass is 10.1. The molecule has 0 saturated carbocycles. The molecule has 1 aromatic heterocycles. The highest BCUT2D eigenvalue weighted by Gasteiger charge is 2.05. The number of benzene rings is 2. The first-order valence-corrected chi connectivity index (χ1v) is 5.99. The number of imidazole rings is 1. The van der Waals surface area contributed by atoms with Gasteiger partial charge in [0.2, 0.25) is 0 Å². The van der Waals surface area contributed by atoms with Crippen LogP contribution in [0, 0.1) is 0 Å². The topological polar surface area (TPSA) is 80.7 Å². The van der Waals surface area contributed by atoms with Gasteiger partial charge in [-0.3, -0.25) is 0 Å². The van der Waals surface area contributed by atoms with Crippen LogP contribution in [0.25, 0.3) is 22.6 Å². The molecule has 0 aliphatic rings. The third kappa shape index (κ3) is 2.28. The Kier molecular flexibility index (Phi) is 2.68. The first-order valence-electron chi connectivity index (χ1n) is 5.99. The Morgan fingerprint density at radius 2 is 1.63 bits per heavy atom. The van der Waals surface area contributed by atoms with Crippen molar-refractivity contribution in [3.05, 3.63) is 54.7 Å². The summed E-state index contributed by atoms with van der Waals surface area (Å²) >= 11 is 0. The molecule has 0 fully saturated rings. The second-order valence-corrected chi connectivity index (χ2v) is 4.39. The zero-order valence-electron chi connectivity index (χ0n) is 10.3. The minimum absolute atomic E-state index is 0.737. The van der Waals surface area contributed by atoms with Crippen LogP contribution in [0.4, 0.5) is 11.4 Å². The third-order valence-corrected chi connectivity index (χ3v) is 2.96. The number of hydrogen-bond acceptors (Lipinski definition) is 3. The number of rotatable bonds is 2. The molecule has 4 heteroatoms. The highest BCUT2D eigenvalue weighted by molar-refractivity contribution is 5.67. The van der Waals surface area contributed by atoms with E-state index < -0.39 is 0 Å². The highest BCUT2D eigenvalue weighted by atomic mass is 14.9. The largest absolute Gasteiger partial charge is 0.399 e. The van der Waals surface area contributed by atoms with Gasteiger partial charge in [0.1, 0.15) is 5.82 Å². The Labute approximate surface area is 111 Å². The Hall–Kier alpha value is -2.75. The fourth-order valence-electron chi connectivity index (χ4n) is 1.96. The van der Waals surface area contributed by atoms with Crippen LogP contribution in [0.1, 0.15) is 0 Å². The lowest BCUT2D eigenvalue weighted by Gasteiger charge is -2.00. The monoisotopic (exact) mass is 250 g/mol. The number of aromatic amines is 1. The van der Waals surface area contributed by atoms with E-state index in [2.05, 4.69) is 9.97 Å². The van der Waals surface area contributed by atoms with E-state index in [1.165, 1.54) is 0 Å². The molecule has 1 heterocycles. The molecule has 0 aliphatic heterocycles. The van der Waals surface area contributed by atoms with Crippen LogP contribution in [-0.4, -0.2) is 9.97 Å². The minimum atomic E-state index is 0.737. The molecule has 3 rings (SSSR count). The number of H-pyrrole nitrogens is 1. The molecule has 0 atom stereocenters. The fraction of sp³-hybridized carbons (Fsp3) is 0. The normalized spacial score (nSPS) is 10.5. The molecule has 0 saturated heterocycles. The van der Waals surface area contributed by atoms with Crippen molar-refractivity contribution in [2.45, 2.75) is 0 Å². The molecule has 0 aliphatic carbocycles. The van der Waals surface area contributed by atoms with Gasteiger partial charge < -0.3 is 16.5 Å². The summed E-state index contributed by atoms with van der Waals surface area (Å²) in [6, 6.07) is 15.3. The van der Waals surface area contributed by atoms with E-state index in [1.807, 2.05) is 48.5 Å². The van der Waals surface area contributed by atoms with Crippen LogP contribution in [0.15, 0.2) is 54.7 Å². The van der Waals surface area contributed by atoms with E-state index in [-0.39, 0.29) is 0 Å². The van der Waals surface area contributed by atoms with Crippen molar-refractivity contribution in [3.63, 3.8) is 0 Å². The maximum atomic E-state index is 5.78. The molecule has 19 heavy (non-hydrogen) atoms. The van der Waals surface area contributed by atoms with Gasteiger partial charge in [0.25, 0.3) is 0 Å². The minimum Gasteiger partial charge on any atom is -0.399 e. The van der Waals surface area contributed by atoms with Crippen LogP contribution in [-0.2, 0) is 0 Å².